The zero-order valence-corrected chi connectivity index (χ0v) is 9.15. The molecule has 2 amide bonds. The minimum absolute atomic E-state index is 0.180. The first-order valence-corrected chi connectivity index (χ1v) is 5.57. The van der Waals surface area contributed by atoms with Crippen LogP contribution in [0.1, 0.15) is 0 Å². The van der Waals surface area contributed by atoms with Crippen molar-refractivity contribution < 1.29 is 13.2 Å². The van der Waals surface area contributed by atoms with Gasteiger partial charge in [0.15, 0.2) is 5.03 Å². The number of hydrogen-bond donors (Lipinski definition) is 1. The predicted octanol–water partition coefficient (Wildman–Crippen LogP) is 0.0415. The normalized spacial score (nSPS) is 10.8. The van der Waals surface area contributed by atoms with Gasteiger partial charge in [0.25, 0.3) is 10.0 Å². The first-order chi connectivity index (χ1) is 6.93. The van der Waals surface area contributed by atoms with Crippen LogP contribution in [-0.4, -0.2) is 38.4 Å². The van der Waals surface area contributed by atoms with Gasteiger partial charge in [-0.2, -0.15) is 8.42 Å². The molecule has 0 saturated heterocycles. The second-order valence-corrected chi connectivity index (χ2v) is 4.60. The van der Waals surface area contributed by atoms with Crippen LogP contribution in [0.15, 0.2) is 29.4 Å². The summed E-state index contributed by atoms with van der Waals surface area (Å²) in [4.78, 5) is 15.9. The topological polar surface area (TPSA) is 79.4 Å². The number of nitrogens with zero attached hydrogens (tertiary/aromatic N) is 2. The summed E-state index contributed by atoms with van der Waals surface area (Å²) in [5.74, 6) is 0. The molecule has 0 radical (unpaired) electrons. The Morgan fingerprint density at radius 2 is 2.07 bits per heavy atom. The van der Waals surface area contributed by atoms with E-state index in [-0.39, 0.29) is 5.03 Å². The van der Waals surface area contributed by atoms with Crippen molar-refractivity contribution in [3.8, 4) is 0 Å². The van der Waals surface area contributed by atoms with Gasteiger partial charge in [0.05, 0.1) is 0 Å². The van der Waals surface area contributed by atoms with E-state index < -0.39 is 16.1 Å². The highest BCUT2D eigenvalue weighted by atomic mass is 32.2. The third kappa shape index (κ3) is 2.91. The maximum Gasteiger partial charge on any atom is 0.330 e. The van der Waals surface area contributed by atoms with Crippen molar-refractivity contribution in [2.45, 2.75) is 5.03 Å². The molecule has 7 heteroatoms. The molecule has 0 atom stereocenters. The highest BCUT2D eigenvalue weighted by Gasteiger charge is 2.19. The number of sulfonamides is 1. The van der Waals surface area contributed by atoms with E-state index in [0.29, 0.717) is 0 Å². The Kier molecular flexibility index (Phi) is 3.25. The molecule has 82 valence electrons. The van der Waals surface area contributed by atoms with E-state index >= 15 is 0 Å². The van der Waals surface area contributed by atoms with Crippen LogP contribution in [0.4, 0.5) is 4.79 Å². The van der Waals surface area contributed by atoms with Gasteiger partial charge in [-0.3, -0.25) is 0 Å². The average Bonchev–Trinajstić information content (AvgIpc) is 2.18. The molecule has 0 fully saturated rings. The molecule has 1 heterocycles. The highest BCUT2D eigenvalue weighted by molar-refractivity contribution is 7.90. The van der Waals surface area contributed by atoms with Crippen molar-refractivity contribution in [2.24, 2.45) is 0 Å². The van der Waals surface area contributed by atoms with Crippen molar-refractivity contribution in [1.82, 2.24) is 14.6 Å². The molecule has 0 aromatic carbocycles. The Balaban J connectivity index is 2.91. The third-order valence-electron chi connectivity index (χ3n) is 1.54. The van der Waals surface area contributed by atoms with Crippen molar-refractivity contribution in [2.75, 3.05) is 14.1 Å². The maximum absolute atomic E-state index is 11.5. The van der Waals surface area contributed by atoms with Gasteiger partial charge in [-0.25, -0.2) is 14.5 Å². The Morgan fingerprint density at radius 3 is 2.53 bits per heavy atom. The van der Waals surface area contributed by atoms with Crippen LogP contribution in [0.5, 0.6) is 0 Å². The number of carbonyl (C=O) groups excluding carboxylic acids is 1. The number of urea groups is 1. The number of carbonyl (C=O) groups is 1. The standard InChI is InChI=1S/C8H11N3O3S/c1-11(2)8(12)10-15(13,14)7-5-3-4-6-9-7/h3-6H,1-2H3,(H,10,12). The first-order valence-electron chi connectivity index (χ1n) is 4.08. The molecular formula is C8H11N3O3S. The molecule has 1 N–H and O–H groups in total. The molecular weight excluding hydrogens is 218 g/mol. The molecule has 1 rings (SSSR count). The summed E-state index contributed by atoms with van der Waals surface area (Å²) in [6, 6.07) is 3.72. The summed E-state index contributed by atoms with van der Waals surface area (Å²) < 4.78 is 24.9. The van der Waals surface area contributed by atoms with E-state index in [2.05, 4.69) is 4.98 Å². The van der Waals surface area contributed by atoms with E-state index in [4.69, 9.17) is 0 Å². The number of aromatic nitrogens is 1. The van der Waals surface area contributed by atoms with Gasteiger partial charge in [-0.1, -0.05) is 6.07 Å². The quantitative estimate of drug-likeness (QED) is 0.776. The van der Waals surface area contributed by atoms with Crippen molar-refractivity contribution in [3.63, 3.8) is 0 Å². The molecule has 0 aliphatic rings. The molecule has 0 bridgehead atoms. The predicted molar refractivity (Wildman–Crippen MR) is 53.6 cm³/mol. The van der Waals surface area contributed by atoms with E-state index in [9.17, 15) is 13.2 Å². The van der Waals surface area contributed by atoms with Gasteiger partial charge in [0.1, 0.15) is 0 Å². The lowest BCUT2D eigenvalue weighted by atomic mass is 10.5. The first kappa shape index (κ1) is 11.4. The average molecular weight is 229 g/mol. The number of rotatable bonds is 2. The second kappa shape index (κ2) is 4.26. The van der Waals surface area contributed by atoms with Crippen LogP contribution in [-0.2, 0) is 10.0 Å². The Bertz CT molecular complexity index is 441. The summed E-state index contributed by atoms with van der Waals surface area (Å²) in [6.45, 7) is 0. The molecule has 0 aliphatic carbocycles. The molecule has 0 spiro atoms. The van der Waals surface area contributed by atoms with Crippen LogP contribution in [0.3, 0.4) is 0 Å². The lowest BCUT2D eigenvalue weighted by molar-refractivity contribution is 0.223. The Morgan fingerprint density at radius 1 is 1.40 bits per heavy atom. The summed E-state index contributed by atoms with van der Waals surface area (Å²) >= 11 is 0. The minimum Gasteiger partial charge on any atom is -0.330 e. The van der Waals surface area contributed by atoms with Gasteiger partial charge in [-0.05, 0) is 12.1 Å². The van der Waals surface area contributed by atoms with E-state index in [1.807, 2.05) is 4.72 Å². The van der Waals surface area contributed by atoms with Gasteiger partial charge < -0.3 is 4.90 Å². The monoisotopic (exact) mass is 229 g/mol. The van der Waals surface area contributed by atoms with E-state index in [0.717, 1.165) is 4.90 Å². The third-order valence-corrected chi connectivity index (χ3v) is 2.78. The number of hydrogen-bond acceptors (Lipinski definition) is 4. The second-order valence-electron chi connectivity index (χ2n) is 2.97. The summed E-state index contributed by atoms with van der Waals surface area (Å²) in [5.41, 5.74) is 0. The maximum atomic E-state index is 11.5. The van der Waals surface area contributed by atoms with E-state index in [1.54, 1.807) is 6.07 Å². The fraction of sp³-hybridized carbons (Fsp3) is 0.250. The molecule has 0 saturated carbocycles. The lowest BCUT2D eigenvalue weighted by Crippen LogP contribution is -2.38. The molecule has 0 aliphatic heterocycles. The van der Waals surface area contributed by atoms with E-state index in [1.165, 1.54) is 32.4 Å². The minimum atomic E-state index is -3.86. The van der Waals surface area contributed by atoms with Crippen LogP contribution in [0, 0.1) is 0 Å². The van der Waals surface area contributed by atoms with Crippen LogP contribution >= 0.6 is 0 Å². The summed E-state index contributed by atoms with van der Waals surface area (Å²) in [6.07, 6.45) is 1.34. The number of pyridine rings is 1. The molecule has 6 nitrogen and oxygen atoms in total. The van der Waals surface area contributed by atoms with Gasteiger partial charge in [-0.15, -0.1) is 0 Å². The molecule has 1 aromatic rings. The number of amides is 2. The van der Waals surface area contributed by atoms with Gasteiger partial charge in [0, 0.05) is 20.3 Å². The van der Waals surface area contributed by atoms with Crippen molar-refractivity contribution in [3.05, 3.63) is 24.4 Å². The zero-order valence-electron chi connectivity index (χ0n) is 8.34. The fourth-order valence-electron chi connectivity index (χ4n) is 0.765. The lowest BCUT2D eigenvalue weighted by Gasteiger charge is -2.11. The van der Waals surface area contributed by atoms with Crippen molar-refractivity contribution in [1.29, 1.82) is 0 Å². The van der Waals surface area contributed by atoms with Crippen LogP contribution < -0.4 is 4.72 Å². The smallest absolute Gasteiger partial charge is 0.330 e. The molecule has 1 aromatic heterocycles. The Hall–Kier alpha value is -1.63. The van der Waals surface area contributed by atoms with Gasteiger partial charge >= 0.3 is 6.03 Å². The zero-order chi connectivity index (χ0) is 11.5. The SMILES string of the molecule is CN(C)C(=O)NS(=O)(=O)c1ccccn1. The molecule has 15 heavy (non-hydrogen) atoms. The van der Waals surface area contributed by atoms with Crippen LogP contribution in [0.25, 0.3) is 0 Å². The van der Waals surface area contributed by atoms with Crippen LogP contribution in [0.2, 0.25) is 0 Å². The summed E-state index contributed by atoms with van der Waals surface area (Å²) in [5, 5.41) is -0.180. The molecule has 0 unspecified atom stereocenters. The largest absolute Gasteiger partial charge is 0.330 e. The van der Waals surface area contributed by atoms with Crippen molar-refractivity contribution >= 4 is 16.1 Å². The number of nitrogens with one attached hydrogen (secondary N) is 1. The summed E-state index contributed by atoms with van der Waals surface area (Å²) in [7, 11) is -0.961. The fourth-order valence-corrected chi connectivity index (χ4v) is 1.74. The van der Waals surface area contributed by atoms with Gasteiger partial charge in [0.2, 0.25) is 0 Å². The Labute approximate surface area is 88.0 Å². The highest BCUT2D eigenvalue weighted by Crippen LogP contribution is 2.02.